The quantitative estimate of drug-likeness (QED) is 0.876. The molecule has 0 saturated carbocycles. The van der Waals surface area contributed by atoms with Crippen LogP contribution in [0, 0.1) is 12.8 Å². The van der Waals surface area contributed by atoms with Crippen molar-refractivity contribution in [1.82, 2.24) is 4.90 Å². The SMILES string of the molecule is CCc1ccc(C(c2cccc(C)c2)N2CCC(C(=O)O)CC2)cc1. The van der Waals surface area contributed by atoms with E-state index in [1.165, 1.54) is 22.3 Å². The summed E-state index contributed by atoms with van der Waals surface area (Å²) < 4.78 is 0. The minimum atomic E-state index is -0.654. The second-order valence-corrected chi connectivity index (χ2v) is 7.06. The smallest absolute Gasteiger partial charge is 0.306 e. The van der Waals surface area contributed by atoms with Gasteiger partial charge < -0.3 is 5.11 Å². The molecule has 0 amide bonds. The summed E-state index contributed by atoms with van der Waals surface area (Å²) in [7, 11) is 0. The largest absolute Gasteiger partial charge is 0.481 e. The van der Waals surface area contributed by atoms with E-state index in [4.69, 9.17) is 0 Å². The number of rotatable bonds is 5. The van der Waals surface area contributed by atoms with Gasteiger partial charge in [0, 0.05) is 0 Å². The lowest BCUT2D eigenvalue weighted by molar-refractivity contribution is -0.143. The van der Waals surface area contributed by atoms with Crippen molar-refractivity contribution in [3.63, 3.8) is 0 Å². The van der Waals surface area contributed by atoms with E-state index >= 15 is 0 Å². The number of likely N-dealkylation sites (tertiary alicyclic amines) is 1. The van der Waals surface area contributed by atoms with Crippen molar-refractivity contribution in [2.24, 2.45) is 5.92 Å². The molecule has 1 N–H and O–H groups in total. The van der Waals surface area contributed by atoms with E-state index in [-0.39, 0.29) is 12.0 Å². The molecule has 3 rings (SSSR count). The molecular weight excluding hydrogens is 310 g/mol. The Labute approximate surface area is 150 Å². The molecule has 0 spiro atoms. The third-order valence-corrected chi connectivity index (χ3v) is 5.31. The van der Waals surface area contributed by atoms with Crippen LogP contribution >= 0.6 is 0 Å². The Hall–Kier alpha value is -2.13. The summed E-state index contributed by atoms with van der Waals surface area (Å²) in [6.07, 6.45) is 2.49. The average Bonchev–Trinajstić information content (AvgIpc) is 2.63. The number of hydrogen-bond donors (Lipinski definition) is 1. The Morgan fingerprint density at radius 3 is 2.36 bits per heavy atom. The number of aryl methyl sites for hydroxylation is 2. The highest BCUT2D eigenvalue weighted by Gasteiger charge is 2.30. The number of carboxylic acid groups (broad SMARTS) is 1. The zero-order chi connectivity index (χ0) is 17.8. The Kier molecular flexibility index (Phi) is 5.54. The Balaban J connectivity index is 1.90. The molecule has 1 atom stereocenters. The molecule has 1 aliphatic rings. The molecule has 0 bridgehead atoms. The Morgan fingerprint density at radius 1 is 1.12 bits per heavy atom. The van der Waals surface area contributed by atoms with Crippen LogP contribution in [0.25, 0.3) is 0 Å². The summed E-state index contributed by atoms with van der Waals surface area (Å²) in [5.41, 5.74) is 5.18. The summed E-state index contributed by atoms with van der Waals surface area (Å²) in [5, 5.41) is 9.27. The van der Waals surface area contributed by atoms with E-state index in [9.17, 15) is 9.90 Å². The summed E-state index contributed by atoms with van der Waals surface area (Å²) >= 11 is 0. The number of carboxylic acids is 1. The molecule has 2 aromatic rings. The van der Waals surface area contributed by atoms with Gasteiger partial charge in [-0.3, -0.25) is 9.69 Å². The maximum atomic E-state index is 11.3. The molecule has 2 aromatic carbocycles. The van der Waals surface area contributed by atoms with Gasteiger partial charge in [-0.25, -0.2) is 0 Å². The van der Waals surface area contributed by atoms with Crippen molar-refractivity contribution in [1.29, 1.82) is 0 Å². The second-order valence-electron chi connectivity index (χ2n) is 7.06. The number of nitrogens with zero attached hydrogens (tertiary/aromatic N) is 1. The summed E-state index contributed by atoms with van der Waals surface area (Å²) in [6.45, 7) is 5.94. The van der Waals surface area contributed by atoms with Gasteiger partial charge in [-0.05, 0) is 56.0 Å². The van der Waals surface area contributed by atoms with Gasteiger partial charge in [-0.15, -0.1) is 0 Å². The molecule has 1 unspecified atom stereocenters. The fraction of sp³-hybridized carbons (Fsp3) is 0.409. The standard InChI is InChI=1S/C22H27NO2/c1-3-17-7-9-18(10-8-17)21(20-6-4-5-16(2)15-20)23-13-11-19(12-14-23)22(24)25/h4-10,15,19,21H,3,11-14H2,1-2H3,(H,24,25). The molecule has 1 fully saturated rings. The van der Waals surface area contributed by atoms with E-state index in [1.807, 2.05) is 0 Å². The van der Waals surface area contributed by atoms with Gasteiger partial charge in [-0.1, -0.05) is 61.0 Å². The first kappa shape index (κ1) is 17.7. The molecule has 1 aliphatic heterocycles. The Morgan fingerprint density at radius 2 is 1.80 bits per heavy atom. The molecule has 0 aliphatic carbocycles. The highest BCUT2D eigenvalue weighted by Crippen LogP contribution is 2.33. The first-order chi connectivity index (χ1) is 12.1. The molecule has 3 nitrogen and oxygen atoms in total. The number of benzene rings is 2. The molecule has 1 heterocycles. The number of piperidine rings is 1. The van der Waals surface area contributed by atoms with Gasteiger partial charge in [-0.2, -0.15) is 0 Å². The van der Waals surface area contributed by atoms with Crippen molar-refractivity contribution in [3.8, 4) is 0 Å². The van der Waals surface area contributed by atoms with Crippen LogP contribution in [0.2, 0.25) is 0 Å². The summed E-state index contributed by atoms with van der Waals surface area (Å²) in [5.74, 6) is -0.851. The highest BCUT2D eigenvalue weighted by molar-refractivity contribution is 5.70. The van der Waals surface area contributed by atoms with Crippen molar-refractivity contribution in [2.45, 2.75) is 39.2 Å². The second kappa shape index (κ2) is 7.83. The average molecular weight is 337 g/mol. The lowest BCUT2D eigenvalue weighted by Gasteiger charge is -2.37. The van der Waals surface area contributed by atoms with E-state index in [0.717, 1.165) is 32.4 Å². The number of aliphatic carboxylic acids is 1. The first-order valence-corrected chi connectivity index (χ1v) is 9.20. The van der Waals surface area contributed by atoms with Crippen LogP contribution < -0.4 is 0 Å². The van der Waals surface area contributed by atoms with Gasteiger partial charge >= 0.3 is 5.97 Å². The lowest BCUT2D eigenvalue weighted by atomic mass is 9.90. The van der Waals surface area contributed by atoms with E-state index < -0.39 is 5.97 Å². The van der Waals surface area contributed by atoms with Crippen LogP contribution in [0.5, 0.6) is 0 Å². The van der Waals surface area contributed by atoms with Crippen LogP contribution in [0.15, 0.2) is 48.5 Å². The van der Waals surface area contributed by atoms with Crippen molar-refractivity contribution in [2.75, 3.05) is 13.1 Å². The topological polar surface area (TPSA) is 40.5 Å². The van der Waals surface area contributed by atoms with Gasteiger partial charge in [0.1, 0.15) is 0 Å². The molecular formula is C22H27NO2. The van der Waals surface area contributed by atoms with Crippen LogP contribution in [0.3, 0.4) is 0 Å². The van der Waals surface area contributed by atoms with E-state index in [1.54, 1.807) is 0 Å². The van der Waals surface area contributed by atoms with E-state index in [2.05, 4.69) is 67.3 Å². The molecule has 25 heavy (non-hydrogen) atoms. The first-order valence-electron chi connectivity index (χ1n) is 9.20. The van der Waals surface area contributed by atoms with Crippen LogP contribution in [0.4, 0.5) is 0 Å². The fourth-order valence-corrected chi connectivity index (χ4v) is 3.79. The number of carbonyl (C=O) groups is 1. The predicted octanol–water partition coefficient (Wildman–Crippen LogP) is 4.44. The van der Waals surface area contributed by atoms with Gasteiger partial charge in [0.25, 0.3) is 0 Å². The third kappa shape index (κ3) is 4.10. The number of hydrogen-bond acceptors (Lipinski definition) is 2. The highest BCUT2D eigenvalue weighted by atomic mass is 16.4. The predicted molar refractivity (Wildman–Crippen MR) is 101 cm³/mol. The summed E-state index contributed by atoms with van der Waals surface area (Å²) in [6, 6.07) is 17.8. The van der Waals surface area contributed by atoms with Crippen LogP contribution in [0.1, 0.15) is 48.1 Å². The molecule has 0 radical (unpaired) electrons. The maximum absolute atomic E-state index is 11.3. The minimum Gasteiger partial charge on any atom is -0.481 e. The van der Waals surface area contributed by atoms with Crippen molar-refractivity contribution >= 4 is 5.97 Å². The Bertz CT molecular complexity index is 715. The molecule has 1 saturated heterocycles. The fourth-order valence-electron chi connectivity index (χ4n) is 3.79. The van der Waals surface area contributed by atoms with Crippen molar-refractivity contribution in [3.05, 3.63) is 70.8 Å². The lowest BCUT2D eigenvalue weighted by Crippen LogP contribution is -2.39. The molecule has 132 valence electrons. The minimum absolute atomic E-state index is 0.195. The normalized spacial score (nSPS) is 17.4. The third-order valence-electron chi connectivity index (χ3n) is 5.31. The molecule has 3 heteroatoms. The van der Waals surface area contributed by atoms with Gasteiger partial charge in [0.05, 0.1) is 12.0 Å². The van der Waals surface area contributed by atoms with Crippen LogP contribution in [-0.4, -0.2) is 29.1 Å². The monoisotopic (exact) mass is 337 g/mol. The maximum Gasteiger partial charge on any atom is 0.306 e. The molecule has 0 aromatic heterocycles. The zero-order valence-corrected chi connectivity index (χ0v) is 15.1. The van der Waals surface area contributed by atoms with Gasteiger partial charge in [0.2, 0.25) is 0 Å². The van der Waals surface area contributed by atoms with Crippen molar-refractivity contribution < 1.29 is 9.90 Å². The zero-order valence-electron chi connectivity index (χ0n) is 15.1. The van der Waals surface area contributed by atoms with Crippen LogP contribution in [-0.2, 0) is 11.2 Å². The van der Waals surface area contributed by atoms with Gasteiger partial charge in [0.15, 0.2) is 0 Å². The van der Waals surface area contributed by atoms with E-state index in [0.29, 0.717) is 0 Å². The summed E-state index contributed by atoms with van der Waals surface area (Å²) in [4.78, 5) is 13.7.